The molecule has 0 aliphatic rings. The van der Waals surface area contributed by atoms with Crippen molar-refractivity contribution < 1.29 is 0 Å². The van der Waals surface area contributed by atoms with Gasteiger partial charge in [-0.1, -0.05) is 288 Å². The molecule has 0 bridgehead atoms. The lowest BCUT2D eigenvalue weighted by Crippen LogP contribution is -2.10. The lowest BCUT2D eigenvalue weighted by molar-refractivity contribution is 0.591. The average molecular weight is 1150 g/mol. The summed E-state index contributed by atoms with van der Waals surface area (Å²) in [5.74, 6) is 0. The van der Waals surface area contributed by atoms with Crippen LogP contribution in [0.15, 0.2) is 322 Å². The number of benzene rings is 16. The van der Waals surface area contributed by atoms with Crippen LogP contribution in [0.4, 0.5) is 0 Å². The molecule has 0 amide bonds. The molecule has 0 saturated heterocycles. The normalized spacial score (nSPS) is 11.9. The summed E-state index contributed by atoms with van der Waals surface area (Å²) in [5, 5.41) is 20.4. The molecular weight excluding hydrogens is 1080 g/mol. The van der Waals surface area contributed by atoms with Crippen LogP contribution in [0.2, 0.25) is 0 Å². The van der Waals surface area contributed by atoms with E-state index in [2.05, 4.69) is 351 Å². The van der Waals surface area contributed by atoms with Crippen LogP contribution < -0.4 is 0 Å². The predicted molar refractivity (Wildman–Crippen MR) is 387 cm³/mol. The van der Waals surface area contributed by atoms with Crippen molar-refractivity contribution in [2.45, 2.75) is 26.2 Å². The van der Waals surface area contributed by atoms with Gasteiger partial charge in [0.05, 0.1) is 22.1 Å². The third kappa shape index (κ3) is 8.55. The number of hydrogen-bond acceptors (Lipinski definition) is 0. The molecule has 0 aliphatic carbocycles. The van der Waals surface area contributed by atoms with Gasteiger partial charge in [0.25, 0.3) is 0 Å². The summed E-state index contributed by atoms with van der Waals surface area (Å²) in [6.45, 7) is 6.92. The zero-order valence-corrected chi connectivity index (χ0v) is 50.5. The molecule has 2 nitrogen and oxygen atoms in total. The summed E-state index contributed by atoms with van der Waals surface area (Å²) < 4.78 is 4.80. The monoisotopic (exact) mass is 1150 g/mol. The van der Waals surface area contributed by atoms with Gasteiger partial charge in [-0.3, -0.25) is 0 Å². The summed E-state index contributed by atoms with van der Waals surface area (Å²) in [6.07, 6.45) is 0. The summed E-state index contributed by atoms with van der Waals surface area (Å²) in [6, 6.07) is 118. The SMILES string of the molecule is CC(C)(C)c1ccc2c(-c3ccc(-n4c5ccccc5c5ccccc54)cc3)c3ccccc3c(-c3cccc4ccccc34)c2c1.c1cc(-c2c3ccccc3c(-c3cccc4ccccc34)c3ccccc23)cc(-n2c3ccccc3c3ccccc32)c1. The maximum Gasteiger partial charge on any atom is 0.0541 e. The van der Waals surface area contributed by atoms with Gasteiger partial charge in [0.2, 0.25) is 0 Å². The van der Waals surface area contributed by atoms with E-state index in [-0.39, 0.29) is 5.41 Å². The molecule has 16 aromatic carbocycles. The van der Waals surface area contributed by atoms with Gasteiger partial charge < -0.3 is 9.13 Å². The quantitative estimate of drug-likeness (QED) is 0.147. The van der Waals surface area contributed by atoms with E-state index >= 15 is 0 Å². The van der Waals surface area contributed by atoms with Gasteiger partial charge in [-0.15, -0.1) is 0 Å². The molecule has 0 aliphatic heterocycles. The molecule has 0 fully saturated rings. The molecule has 0 N–H and O–H groups in total. The fourth-order valence-corrected chi connectivity index (χ4v) is 14.8. The summed E-state index contributed by atoms with van der Waals surface area (Å²) >= 11 is 0. The summed E-state index contributed by atoms with van der Waals surface area (Å²) in [7, 11) is 0. The largest absolute Gasteiger partial charge is 0.309 e. The molecule has 0 unspecified atom stereocenters. The first kappa shape index (κ1) is 53.0. The molecule has 2 heterocycles. The highest BCUT2D eigenvalue weighted by molar-refractivity contribution is 6.25. The highest BCUT2D eigenvalue weighted by Crippen LogP contribution is 2.49. The molecule has 2 aromatic heterocycles. The highest BCUT2D eigenvalue weighted by Gasteiger charge is 2.23. The van der Waals surface area contributed by atoms with Gasteiger partial charge in [-0.25, -0.2) is 0 Å². The van der Waals surface area contributed by atoms with Gasteiger partial charge in [0.1, 0.15) is 0 Å². The van der Waals surface area contributed by atoms with Gasteiger partial charge in [0.15, 0.2) is 0 Å². The standard InChI is InChI=1S/C46H35N.C42H27N/c1-46(2,3)32-25-28-40-41(29-32)45(37-20-12-14-30-13-4-5-15-34(30)37)39-19-7-6-18-38(39)44(40)31-23-26-33(27-24-31)47-42-21-10-8-16-35(42)36-17-9-11-22-43(36)47;1-2-17-31-28(13-1)14-12-24-34(31)42-37-22-5-3-20-35(37)41(36-21-4-6-23-38(36)42)29-15-11-16-30(27-29)43-39-25-9-7-18-32(39)33-19-8-10-26-40(33)43/h4-29H,1-3H3;1-27H. The molecule has 18 aromatic rings. The minimum atomic E-state index is 0.0278. The van der Waals surface area contributed by atoms with E-state index in [1.807, 2.05) is 0 Å². The third-order valence-electron chi connectivity index (χ3n) is 18.9. The van der Waals surface area contributed by atoms with Gasteiger partial charge in [-0.05, 0) is 175 Å². The van der Waals surface area contributed by atoms with Crippen LogP contribution in [0.1, 0.15) is 26.3 Å². The fraction of sp³-hybridized carbons (Fsp3) is 0.0455. The zero-order valence-electron chi connectivity index (χ0n) is 50.5. The van der Waals surface area contributed by atoms with Crippen molar-refractivity contribution >= 4 is 108 Å². The van der Waals surface area contributed by atoms with Crippen LogP contribution in [0.3, 0.4) is 0 Å². The second kappa shape index (κ2) is 21.2. The topological polar surface area (TPSA) is 9.86 Å². The Kier molecular flexibility index (Phi) is 12.5. The van der Waals surface area contributed by atoms with Crippen molar-refractivity contribution in [3.05, 3.63) is 327 Å². The summed E-state index contributed by atoms with van der Waals surface area (Å²) in [4.78, 5) is 0. The van der Waals surface area contributed by atoms with Crippen molar-refractivity contribution in [1.29, 1.82) is 0 Å². The van der Waals surface area contributed by atoms with Crippen LogP contribution in [-0.4, -0.2) is 9.13 Å². The number of fused-ring (bicyclic) bond motifs is 12. The number of hydrogen-bond donors (Lipinski definition) is 0. The molecular formula is C88H62N2. The first-order chi connectivity index (χ1) is 44.3. The average Bonchev–Trinajstić information content (AvgIpc) is 1.13. The minimum Gasteiger partial charge on any atom is -0.309 e. The van der Waals surface area contributed by atoms with E-state index in [1.165, 1.54) is 170 Å². The Balaban J connectivity index is 0.000000139. The maximum atomic E-state index is 2.45. The second-order valence-corrected chi connectivity index (χ2v) is 25.0. The molecule has 2 heteroatoms. The van der Waals surface area contributed by atoms with Gasteiger partial charge >= 0.3 is 0 Å². The van der Waals surface area contributed by atoms with E-state index in [4.69, 9.17) is 0 Å². The highest BCUT2D eigenvalue weighted by atomic mass is 15.0. The number of rotatable bonds is 6. The molecule has 0 saturated carbocycles. The Hall–Kier alpha value is -11.3. The van der Waals surface area contributed by atoms with Crippen molar-refractivity contribution in [1.82, 2.24) is 9.13 Å². The molecule has 90 heavy (non-hydrogen) atoms. The Morgan fingerprint density at radius 3 is 0.989 bits per heavy atom. The van der Waals surface area contributed by atoms with Crippen LogP contribution in [0.25, 0.3) is 164 Å². The zero-order chi connectivity index (χ0) is 60.0. The lowest BCUT2D eigenvalue weighted by Gasteiger charge is -2.23. The van der Waals surface area contributed by atoms with Gasteiger partial charge in [0, 0.05) is 32.9 Å². The molecule has 424 valence electrons. The van der Waals surface area contributed by atoms with E-state index in [0.717, 1.165) is 0 Å². The first-order valence-electron chi connectivity index (χ1n) is 31.4. The minimum absolute atomic E-state index is 0.0278. The third-order valence-corrected chi connectivity index (χ3v) is 18.9. The van der Waals surface area contributed by atoms with Crippen LogP contribution in [-0.2, 0) is 5.41 Å². The Morgan fingerprint density at radius 2 is 0.544 bits per heavy atom. The second-order valence-electron chi connectivity index (χ2n) is 25.0. The van der Waals surface area contributed by atoms with Crippen molar-refractivity contribution in [2.24, 2.45) is 0 Å². The fourth-order valence-electron chi connectivity index (χ4n) is 14.8. The van der Waals surface area contributed by atoms with Crippen molar-refractivity contribution in [2.75, 3.05) is 0 Å². The maximum absolute atomic E-state index is 2.45. The lowest BCUT2D eigenvalue weighted by atomic mass is 9.81. The number of nitrogens with zero attached hydrogens (tertiary/aromatic N) is 2. The summed E-state index contributed by atoms with van der Waals surface area (Å²) in [5.41, 5.74) is 18.8. The molecule has 0 radical (unpaired) electrons. The number of para-hydroxylation sites is 4. The Labute approximate surface area is 523 Å². The van der Waals surface area contributed by atoms with Crippen molar-refractivity contribution in [3.63, 3.8) is 0 Å². The van der Waals surface area contributed by atoms with E-state index < -0.39 is 0 Å². The van der Waals surface area contributed by atoms with E-state index in [9.17, 15) is 0 Å². The van der Waals surface area contributed by atoms with Crippen LogP contribution >= 0.6 is 0 Å². The van der Waals surface area contributed by atoms with Gasteiger partial charge in [-0.2, -0.15) is 0 Å². The molecule has 0 spiro atoms. The van der Waals surface area contributed by atoms with Crippen molar-refractivity contribution in [3.8, 4) is 55.9 Å². The molecule has 18 rings (SSSR count). The predicted octanol–water partition coefficient (Wildman–Crippen LogP) is 24.5. The molecule has 0 atom stereocenters. The number of aromatic nitrogens is 2. The van der Waals surface area contributed by atoms with E-state index in [1.54, 1.807) is 0 Å². The van der Waals surface area contributed by atoms with E-state index in [0.29, 0.717) is 0 Å². The Morgan fingerprint density at radius 1 is 0.211 bits per heavy atom. The first-order valence-corrected chi connectivity index (χ1v) is 31.4. The smallest absolute Gasteiger partial charge is 0.0541 e. The van der Waals surface area contributed by atoms with Crippen LogP contribution in [0, 0.1) is 0 Å². The van der Waals surface area contributed by atoms with Crippen LogP contribution in [0.5, 0.6) is 0 Å². The Bertz CT molecular complexity index is 5710.